The SMILES string of the molecule is COc1ccccc1CCN(C(=O)CC1CCCC1)C1C=C(C(=O)NCCO)C2c3cc(CO)cc(OC)c3OC2C1O. The van der Waals surface area contributed by atoms with Gasteiger partial charge in [0.15, 0.2) is 11.5 Å². The Morgan fingerprint density at radius 1 is 1.07 bits per heavy atom. The van der Waals surface area contributed by atoms with Gasteiger partial charge in [-0.05, 0) is 60.6 Å². The molecule has 1 fully saturated rings. The van der Waals surface area contributed by atoms with E-state index in [1.54, 1.807) is 30.2 Å². The van der Waals surface area contributed by atoms with E-state index in [4.69, 9.17) is 14.2 Å². The molecule has 1 saturated carbocycles. The third-order valence-electron chi connectivity index (χ3n) is 8.93. The van der Waals surface area contributed by atoms with Crippen LogP contribution in [-0.2, 0) is 22.6 Å². The zero-order valence-corrected chi connectivity index (χ0v) is 24.8. The molecule has 10 heteroatoms. The molecule has 4 unspecified atom stereocenters. The lowest BCUT2D eigenvalue weighted by molar-refractivity contribution is -0.138. The van der Waals surface area contributed by atoms with Crippen LogP contribution in [0.15, 0.2) is 48.0 Å². The highest BCUT2D eigenvalue weighted by molar-refractivity contribution is 5.96. The Morgan fingerprint density at radius 3 is 2.51 bits per heavy atom. The monoisotopic (exact) mass is 594 g/mol. The number of carbonyl (C=O) groups excluding carboxylic acids is 2. The van der Waals surface area contributed by atoms with E-state index < -0.39 is 30.1 Å². The van der Waals surface area contributed by atoms with Gasteiger partial charge in [0.25, 0.3) is 0 Å². The fourth-order valence-electron chi connectivity index (χ4n) is 6.79. The Balaban J connectivity index is 1.54. The summed E-state index contributed by atoms with van der Waals surface area (Å²) in [6.45, 7) is -0.126. The van der Waals surface area contributed by atoms with E-state index in [0.717, 1.165) is 37.0 Å². The van der Waals surface area contributed by atoms with Gasteiger partial charge < -0.3 is 39.7 Å². The van der Waals surface area contributed by atoms with Gasteiger partial charge >= 0.3 is 0 Å². The van der Waals surface area contributed by atoms with Crippen molar-refractivity contribution in [2.45, 2.75) is 69.3 Å². The molecular weight excluding hydrogens is 552 g/mol. The lowest BCUT2D eigenvalue weighted by atomic mass is 9.77. The second kappa shape index (κ2) is 13.8. The molecule has 0 radical (unpaired) electrons. The number of rotatable bonds is 12. The van der Waals surface area contributed by atoms with Crippen LogP contribution in [0.1, 0.15) is 54.7 Å². The highest BCUT2D eigenvalue weighted by atomic mass is 16.5. The van der Waals surface area contributed by atoms with Crippen molar-refractivity contribution in [1.82, 2.24) is 10.2 Å². The van der Waals surface area contributed by atoms with Crippen molar-refractivity contribution in [2.75, 3.05) is 33.9 Å². The Bertz CT molecular complexity index is 1340. The van der Waals surface area contributed by atoms with Crippen molar-refractivity contribution in [1.29, 1.82) is 0 Å². The van der Waals surface area contributed by atoms with E-state index in [9.17, 15) is 24.9 Å². The zero-order chi connectivity index (χ0) is 30.5. The number of methoxy groups -OCH3 is 2. The molecule has 1 heterocycles. The van der Waals surface area contributed by atoms with Crippen molar-refractivity contribution >= 4 is 11.8 Å². The summed E-state index contributed by atoms with van der Waals surface area (Å²) in [7, 11) is 3.10. The number of hydrogen-bond acceptors (Lipinski definition) is 8. The largest absolute Gasteiger partial charge is 0.496 e. The molecule has 232 valence electrons. The summed E-state index contributed by atoms with van der Waals surface area (Å²) in [6.07, 6.45) is 4.73. The first kappa shape index (κ1) is 30.8. The maximum Gasteiger partial charge on any atom is 0.247 e. The van der Waals surface area contributed by atoms with E-state index in [-0.39, 0.29) is 25.7 Å². The Hall–Kier alpha value is -3.60. The molecule has 2 amide bonds. The van der Waals surface area contributed by atoms with Crippen LogP contribution in [0, 0.1) is 5.92 Å². The van der Waals surface area contributed by atoms with Gasteiger partial charge in [-0.25, -0.2) is 0 Å². The van der Waals surface area contributed by atoms with Crippen molar-refractivity contribution in [3.8, 4) is 17.2 Å². The number of benzene rings is 2. The smallest absolute Gasteiger partial charge is 0.247 e. The number of para-hydroxylation sites is 1. The van der Waals surface area contributed by atoms with Crippen LogP contribution in [0.4, 0.5) is 0 Å². The predicted molar refractivity (Wildman–Crippen MR) is 159 cm³/mol. The highest BCUT2D eigenvalue weighted by Crippen LogP contribution is 2.51. The Kier molecular flexibility index (Phi) is 9.90. The third-order valence-corrected chi connectivity index (χ3v) is 8.93. The molecule has 2 aliphatic carbocycles. The number of amides is 2. The van der Waals surface area contributed by atoms with Gasteiger partial charge in [-0.1, -0.05) is 31.0 Å². The fourth-order valence-corrected chi connectivity index (χ4v) is 6.79. The van der Waals surface area contributed by atoms with E-state index >= 15 is 0 Å². The van der Waals surface area contributed by atoms with Crippen LogP contribution >= 0.6 is 0 Å². The van der Waals surface area contributed by atoms with E-state index in [0.29, 0.717) is 53.5 Å². The molecule has 0 bridgehead atoms. The highest BCUT2D eigenvalue weighted by Gasteiger charge is 2.51. The standard InChI is InChI=1S/C33H42N2O8/c1-41-26-10-6-5-9-22(26)11-13-35(28(38)17-20-7-3-4-8-20)25-18-24(33(40)34-12-14-36)29-23-15-21(19-37)16-27(42-2)31(23)43-32(29)30(25)39/h5-6,9-10,15-16,18,20,25,29-30,32,36-37,39H,3-4,7-8,11-14,17,19H2,1-2H3,(H,34,40). The van der Waals surface area contributed by atoms with Crippen molar-refractivity contribution in [3.05, 3.63) is 64.7 Å². The van der Waals surface area contributed by atoms with Crippen molar-refractivity contribution in [2.24, 2.45) is 5.92 Å². The molecule has 0 aromatic heterocycles. The number of ether oxygens (including phenoxy) is 3. The molecule has 4 N–H and O–H groups in total. The fraction of sp³-hybridized carbons (Fsp3) is 0.515. The van der Waals surface area contributed by atoms with Crippen molar-refractivity contribution < 1.29 is 39.1 Å². The van der Waals surface area contributed by atoms with Crippen LogP contribution < -0.4 is 19.5 Å². The molecule has 0 saturated heterocycles. The molecule has 2 aromatic rings. The Labute approximate surface area is 252 Å². The zero-order valence-electron chi connectivity index (χ0n) is 24.8. The topological polar surface area (TPSA) is 138 Å². The lowest BCUT2D eigenvalue weighted by Crippen LogP contribution is -2.56. The first-order valence-corrected chi connectivity index (χ1v) is 15.1. The first-order valence-electron chi connectivity index (χ1n) is 15.1. The van der Waals surface area contributed by atoms with Gasteiger partial charge in [-0.15, -0.1) is 0 Å². The number of fused-ring (bicyclic) bond motifs is 3. The van der Waals surface area contributed by atoms with Gasteiger partial charge in [-0.3, -0.25) is 9.59 Å². The van der Waals surface area contributed by atoms with E-state index in [1.807, 2.05) is 24.3 Å². The third kappa shape index (κ3) is 6.37. The van der Waals surface area contributed by atoms with Crippen molar-refractivity contribution in [3.63, 3.8) is 0 Å². The number of nitrogens with zero attached hydrogens (tertiary/aromatic N) is 1. The average Bonchev–Trinajstić information content (AvgIpc) is 3.68. The van der Waals surface area contributed by atoms with Crippen LogP contribution in [0.3, 0.4) is 0 Å². The molecule has 1 aliphatic heterocycles. The molecule has 2 aromatic carbocycles. The molecular formula is C33H42N2O8. The summed E-state index contributed by atoms with van der Waals surface area (Å²) in [5, 5.41) is 33.9. The molecule has 3 aliphatic rings. The minimum absolute atomic E-state index is 0.0482. The number of aliphatic hydroxyl groups excluding tert-OH is 3. The Morgan fingerprint density at radius 2 is 1.81 bits per heavy atom. The number of nitrogens with one attached hydrogen (secondary N) is 1. The molecule has 5 rings (SSSR count). The van der Waals surface area contributed by atoms with Gasteiger partial charge in [0.1, 0.15) is 18.0 Å². The summed E-state index contributed by atoms with van der Waals surface area (Å²) >= 11 is 0. The lowest BCUT2D eigenvalue weighted by Gasteiger charge is -2.41. The van der Waals surface area contributed by atoms with Gasteiger partial charge in [-0.2, -0.15) is 0 Å². The van der Waals surface area contributed by atoms with Crippen LogP contribution in [0.5, 0.6) is 17.2 Å². The molecule has 0 spiro atoms. The maximum atomic E-state index is 14.0. The summed E-state index contributed by atoms with van der Waals surface area (Å²) < 4.78 is 17.4. The maximum absolute atomic E-state index is 14.0. The average molecular weight is 595 g/mol. The number of hydrogen-bond donors (Lipinski definition) is 4. The normalized spacial score (nSPS) is 22.7. The van der Waals surface area contributed by atoms with Gasteiger partial charge in [0.05, 0.1) is 39.4 Å². The van der Waals surface area contributed by atoms with Gasteiger partial charge in [0.2, 0.25) is 11.8 Å². The summed E-state index contributed by atoms with van der Waals surface area (Å²) in [4.78, 5) is 29.3. The summed E-state index contributed by atoms with van der Waals surface area (Å²) in [5.41, 5.74) is 2.47. The molecule has 10 nitrogen and oxygen atoms in total. The summed E-state index contributed by atoms with van der Waals surface area (Å²) in [6, 6.07) is 10.2. The van der Waals surface area contributed by atoms with Gasteiger partial charge in [0, 0.05) is 30.6 Å². The number of aliphatic hydroxyl groups is 3. The first-order chi connectivity index (χ1) is 20.9. The predicted octanol–water partition coefficient (Wildman–Crippen LogP) is 2.47. The van der Waals surface area contributed by atoms with E-state index in [1.165, 1.54) is 7.11 Å². The quantitative estimate of drug-likeness (QED) is 0.294. The van der Waals surface area contributed by atoms with Crippen LogP contribution in [-0.4, -0.2) is 84.2 Å². The molecule has 43 heavy (non-hydrogen) atoms. The van der Waals surface area contributed by atoms with Crippen LogP contribution in [0.25, 0.3) is 0 Å². The molecule has 4 atom stereocenters. The summed E-state index contributed by atoms with van der Waals surface area (Å²) in [5.74, 6) is 0.634. The van der Waals surface area contributed by atoms with E-state index in [2.05, 4.69) is 5.32 Å². The number of carbonyl (C=O) groups is 2. The second-order valence-electron chi connectivity index (χ2n) is 11.5. The second-order valence-corrected chi connectivity index (χ2v) is 11.5. The minimum atomic E-state index is -1.15. The van der Waals surface area contributed by atoms with Crippen LogP contribution in [0.2, 0.25) is 0 Å². The minimum Gasteiger partial charge on any atom is -0.496 e.